The molecule has 1 aliphatic heterocycles. The van der Waals surface area contributed by atoms with E-state index in [1.54, 1.807) is 48.2 Å². The van der Waals surface area contributed by atoms with Crippen LogP contribution in [0.4, 0.5) is 5.69 Å². The van der Waals surface area contributed by atoms with Gasteiger partial charge in [0.2, 0.25) is 5.91 Å². The Bertz CT molecular complexity index is 1350. The summed E-state index contributed by atoms with van der Waals surface area (Å²) < 4.78 is 7.21. The molecule has 7 nitrogen and oxygen atoms in total. The second-order valence-electron chi connectivity index (χ2n) is 9.30. The first-order valence-corrected chi connectivity index (χ1v) is 13.3. The van der Waals surface area contributed by atoms with Crippen LogP contribution < -0.4 is 4.90 Å². The van der Waals surface area contributed by atoms with Crippen molar-refractivity contribution < 1.29 is 14.3 Å². The van der Waals surface area contributed by atoms with E-state index in [0.717, 1.165) is 27.4 Å². The molecular weight excluding hydrogens is 484 g/mol. The van der Waals surface area contributed by atoms with Crippen molar-refractivity contribution >= 4 is 35.4 Å². The molecule has 0 unspecified atom stereocenters. The molecule has 1 aromatic heterocycles. The smallest absolute Gasteiger partial charge is 0.334 e. The number of fused-ring (bicyclic) bond motifs is 1. The van der Waals surface area contributed by atoms with Crippen LogP contribution in [0.5, 0.6) is 0 Å². The van der Waals surface area contributed by atoms with Crippen molar-refractivity contribution in [2.24, 2.45) is 5.92 Å². The van der Waals surface area contributed by atoms with Crippen LogP contribution in [0.25, 0.3) is 6.08 Å². The molecule has 0 radical (unpaired) electrons. The molecule has 4 rings (SSSR count). The van der Waals surface area contributed by atoms with Crippen LogP contribution in [0, 0.1) is 17.2 Å². The zero-order valence-electron chi connectivity index (χ0n) is 21.3. The first kappa shape index (κ1) is 26.2. The van der Waals surface area contributed by atoms with Crippen LogP contribution in [-0.4, -0.2) is 33.8 Å². The van der Waals surface area contributed by atoms with Crippen LogP contribution in [-0.2, 0) is 27.4 Å². The first-order valence-electron chi connectivity index (χ1n) is 12.3. The summed E-state index contributed by atoms with van der Waals surface area (Å²) in [7, 11) is 0. The number of anilines is 1. The number of carbonyl (C=O) groups excluding carboxylic acids is 2. The Kier molecular flexibility index (Phi) is 8.47. The third-order valence-electron chi connectivity index (χ3n) is 5.99. The molecule has 0 aliphatic carbocycles. The van der Waals surface area contributed by atoms with Crippen molar-refractivity contribution in [3.05, 3.63) is 82.9 Å². The molecule has 0 N–H and O–H groups in total. The summed E-state index contributed by atoms with van der Waals surface area (Å²) in [6, 6.07) is 15.5. The molecule has 2 aromatic carbocycles. The molecule has 2 heterocycles. The molecule has 0 atom stereocenters. The monoisotopic (exact) mass is 514 g/mol. The third-order valence-corrected chi connectivity index (χ3v) is 7.13. The minimum atomic E-state index is -0.300. The van der Waals surface area contributed by atoms with Gasteiger partial charge in [0.15, 0.2) is 0 Å². The van der Waals surface area contributed by atoms with E-state index in [4.69, 9.17) is 10.00 Å². The predicted molar refractivity (Wildman–Crippen MR) is 145 cm³/mol. The number of nitrogens with zero attached hydrogens (tertiary/aromatic N) is 4. The predicted octanol–water partition coefficient (Wildman–Crippen LogP) is 5.43. The van der Waals surface area contributed by atoms with Crippen LogP contribution in [0.1, 0.15) is 49.6 Å². The molecular formula is C29H30N4O3S. The molecule has 0 saturated heterocycles. The fourth-order valence-corrected chi connectivity index (χ4v) is 5.08. The van der Waals surface area contributed by atoms with E-state index in [2.05, 4.69) is 11.1 Å². The minimum Gasteiger partial charge on any atom is -0.463 e. The SMILES string of the molecule is CCOC(=O)C1=Cc2cc(N(Cc3cncn3Cc3ccc(C#N)cc3)C(=O)CC(C)C)ccc2SC1. The number of hydrogen-bond acceptors (Lipinski definition) is 6. The van der Waals surface area contributed by atoms with Crippen molar-refractivity contribution in [2.45, 2.75) is 45.2 Å². The molecule has 0 bridgehead atoms. The molecule has 190 valence electrons. The van der Waals surface area contributed by atoms with Gasteiger partial charge in [-0.25, -0.2) is 9.78 Å². The molecule has 3 aromatic rings. The third kappa shape index (κ3) is 6.49. The lowest BCUT2D eigenvalue weighted by Crippen LogP contribution is -2.32. The van der Waals surface area contributed by atoms with Crippen molar-refractivity contribution in [1.29, 1.82) is 5.26 Å². The molecule has 0 saturated carbocycles. The van der Waals surface area contributed by atoms with Crippen LogP contribution >= 0.6 is 11.8 Å². The Hall–Kier alpha value is -3.83. The Labute approximate surface area is 221 Å². The number of hydrogen-bond donors (Lipinski definition) is 0. The quantitative estimate of drug-likeness (QED) is 0.354. The fourth-order valence-electron chi connectivity index (χ4n) is 4.12. The Morgan fingerprint density at radius 3 is 2.70 bits per heavy atom. The van der Waals surface area contributed by atoms with Crippen molar-refractivity contribution in [2.75, 3.05) is 17.3 Å². The molecule has 1 amide bonds. The molecule has 37 heavy (non-hydrogen) atoms. The number of ether oxygens (including phenoxy) is 1. The lowest BCUT2D eigenvalue weighted by atomic mass is 10.1. The molecule has 0 spiro atoms. The highest BCUT2D eigenvalue weighted by molar-refractivity contribution is 7.99. The van der Waals surface area contributed by atoms with Crippen molar-refractivity contribution in [3.63, 3.8) is 0 Å². The highest BCUT2D eigenvalue weighted by Crippen LogP contribution is 2.35. The van der Waals surface area contributed by atoms with E-state index in [-0.39, 0.29) is 17.8 Å². The van der Waals surface area contributed by atoms with Crippen molar-refractivity contribution in [1.82, 2.24) is 9.55 Å². The van der Waals surface area contributed by atoms with Gasteiger partial charge in [-0.2, -0.15) is 5.26 Å². The zero-order valence-corrected chi connectivity index (χ0v) is 22.1. The van der Waals surface area contributed by atoms with Gasteiger partial charge in [-0.15, -0.1) is 11.8 Å². The van der Waals surface area contributed by atoms with E-state index in [1.165, 1.54) is 0 Å². The number of nitriles is 1. The number of benzene rings is 2. The van der Waals surface area contributed by atoms with Gasteiger partial charge >= 0.3 is 5.97 Å². The molecule has 0 fully saturated rings. The van der Waals surface area contributed by atoms with Crippen LogP contribution in [0.3, 0.4) is 0 Å². The van der Waals surface area contributed by atoms with Crippen LogP contribution in [0.2, 0.25) is 0 Å². The number of rotatable bonds is 9. The Morgan fingerprint density at radius 1 is 1.22 bits per heavy atom. The maximum Gasteiger partial charge on any atom is 0.334 e. The standard InChI is InChI=1S/C29H30N4O3S/c1-4-36-29(35)24-12-23-13-25(9-10-27(23)37-18-24)33(28(34)11-20(2)3)17-26-15-31-19-32(26)16-22-7-5-21(14-30)6-8-22/h5-10,12-13,15,19-20H,4,11,16-18H2,1-3H3. The number of aromatic nitrogens is 2. The summed E-state index contributed by atoms with van der Waals surface area (Å²) in [4.78, 5) is 32.9. The van der Waals surface area contributed by atoms with E-state index in [1.807, 2.05) is 54.8 Å². The maximum absolute atomic E-state index is 13.4. The lowest BCUT2D eigenvalue weighted by Gasteiger charge is -2.26. The fraction of sp³-hybridized carbons (Fsp3) is 0.310. The van der Waals surface area contributed by atoms with Gasteiger partial charge in [0.1, 0.15) is 0 Å². The highest BCUT2D eigenvalue weighted by Gasteiger charge is 2.23. The van der Waals surface area contributed by atoms with Gasteiger partial charge in [-0.05, 0) is 60.4 Å². The van der Waals surface area contributed by atoms with Crippen LogP contribution in [0.15, 0.2) is 65.5 Å². The molecule has 8 heteroatoms. The van der Waals surface area contributed by atoms with Gasteiger partial charge < -0.3 is 14.2 Å². The van der Waals surface area contributed by atoms with Gasteiger partial charge in [-0.1, -0.05) is 26.0 Å². The second-order valence-corrected chi connectivity index (χ2v) is 10.3. The van der Waals surface area contributed by atoms with Gasteiger partial charge in [0.05, 0.1) is 36.8 Å². The average Bonchev–Trinajstić information content (AvgIpc) is 3.33. The average molecular weight is 515 g/mol. The summed E-state index contributed by atoms with van der Waals surface area (Å²) >= 11 is 1.60. The van der Waals surface area contributed by atoms with E-state index < -0.39 is 0 Å². The summed E-state index contributed by atoms with van der Waals surface area (Å²) in [5, 5.41) is 9.06. The summed E-state index contributed by atoms with van der Waals surface area (Å²) in [6.45, 7) is 7.14. The lowest BCUT2D eigenvalue weighted by molar-refractivity contribution is -0.138. The zero-order chi connectivity index (χ0) is 26.4. The first-order chi connectivity index (χ1) is 17.9. The summed E-state index contributed by atoms with van der Waals surface area (Å²) in [6.07, 6.45) is 5.83. The largest absolute Gasteiger partial charge is 0.463 e. The minimum absolute atomic E-state index is 0.0270. The highest BCUT2D eigenvalue weighted by atomic mass is 32.2. The number of amides is 1. The maximum atomic E-state index is 13.4. The van der Waals surface area contributed by atoms with Gasteiger partial charge in [-0.3, -0.25) is 4.79 Å². The Balaban J connectivity index is 1.63. The van der Waals surface area contributed by atoms with Crippen molar-refractivity contribution in [3.8, 4) is 6.07 Å². The van der Waals surface area contributed by atoms with E-state index >= 15 is 0 Å². The van der Waals surface area contributed by atoms with Gasteiger partial charge in [0, 0.05) is 41.1 Å². The topological polar surface area (TPSA) is 88.2 Å². The number of imidazole rings is 1. The second kappa shape index (κ2) is 11.9. The summed E-state index contributed by atoms with van der Waals surface area (Å²) in [5.74, 6) is 0.502. The van der Waals surface area contributed by atoms with E-state index in [9.17, 15) is 9.59 Å². The summed E-state index contributed by atoms with van der Waals surface area (Å²) in [5.41, 5.74) is 4.86. The normalized spacial score (nSPS) is 12.5. The Morgan fingerprint density at radius 2 is 2.00 bits per heavy atom. The molecule has 1 aliphatic rings. The van der Waals surface area contributed by atoms with E-state index in [0.29, 0.717) is 43.0 Å². The number of esters is 1. The number of thioether (sulfide) groups is 1. The number of carbonyl (C=O) groups is 2. The van der Waals surface area contributed by atoms with Gasteiger partial charge in [0.25, 0.3) is 0 Å².